The van der Waals surface area contributed by atoms with Gasteiger partial charge in [-0.2, -0.15) is 0 Å². The zero-order chi connectivity index (χ0) is 13.8. The number of nitrogens with one attached hydrogen (secondary N) is 1. The van der Waals surface area contributed by atoms with Gasteiger partial charge >= 0.3 is 5.97 Å². The van der Waals surface area contributed by atoms with Crippen molar-refractivity contribution in [3.63, 3.8) is 0 Å². The van der Waals surface area contributed by atoms with Crippen LogP contribution in [0.2, 0.25) is 0 Å². The molecule has 0 radical (unpaired) electrons. The molecule has 0 heterocycles. The number of hydrogen-bond donors (Lipinski definition) is 2. The summed E-state index contributed by atoms with van der Waals surface area (Å²) in [4.78, 5) is 10.9. The van der Waals surface area contributed by atoms with Crippen LogP contribution < -0.4 is 5.32 Å². The van der Waals surface area contributed by atoms with Gasteiger partial charge in [-0.1, -0.05) is 19.1 Å². The second kappa shape index (κ2) is 5.86. The summed E-state index contributed by atoms with van der Waals surface area (Å²) in [6, 6.07) is 6.58. The number of hydrogen-bond acceptors (Lipinski definition) is 4. The third-order valence-electron chi connectivity index (χ3n) is 2.60. The average Bonchev–Trinajstić information content (AvgIpc) is 2.28. The van der Waals surface area contributed by atoms with E-state index in [4.69, 9.17) is 5.11 Å². The van der Waals surface area contributed by atoms with E-state index in [2.05, 4.69) is 5.32 Å². The minimum Gasteiger partial charge on any atom is -0.481 e. The molecular formula is C12H17NO4S. The molecule has 0 spiro atoms. The van der Waals surface area contributed by atoms with Crippen molar-refractivity contribution in [3.8, 4) is 0 Å². The van der Waals surface area contributed by atoms with E-state index >= 15 is 0 Å². The van der Waals surface area contributed by atoms with Crippen molar-refractivity contribution in [2.75, 3.05) is 18.1 Å². The molecule has 0 aliphatic carbocycles. The van der Waals surface area contributed by atoms with Crippen LogP contribution in [0.4, 0.5) is 5.69 Å². The van der Waals surface area contributed by atoms with E-state index in [1.807, 2.05) is 0 Å². The van der Waals surface area contributed by atoms with Crippen molar-refractivity contribution in [2.24, 2.45) is 5.92 Å². The lowest BCUT2D eigenvalue weighted by atomic mass is 10.1. The molecule has 0 bridgehead atoms. The third kappa shape index (κ3) is 4.03. The molecular weight excluding hydrogens is 254 g/mol. The van der Waals surface area contributed by atoms with Crippen LogP contribution in [0.5, 0.6) is 0 Å². The highest BCUT2D eigenvalue weighted by molar-refractivity contribution is 7.90. The zero-order valence-corrected chi connectivity index (χ0v) is 11.2. The Morgan fingerprint density at radius 1 is 1.39 bits per heavy atom. The van der Waals surface area contributed by atoms with Crippen LogP contribution in [0.15, 0.2) is 29.2 Å². The van der Waals surface area contributed by atoms with E-state index in [0.29, 0.717) is 18.7 Å². The van der Waals surface area contributed by atoms with E-state index in [1.54, 1.807) is 25.1 Å². The van der Waals surface area contributed by atoms with Crippen molar-refractivity contribution in [1.29, 1.82) is 0 Å². The van der Waals surface area contributed by atoms with Gasteiger partial charge in [0.25, 0.3) is 0 Å². The monoisotopic (exact) mass is 271 g/mol. The number of carboxylic acids is 1. The highest BCUT2D eigenvalue weighted by Crippen LogP contribution is 2.20. The average molecular weight is 271 g/mol. The van der Waals surface area contributed by atoms with Crippen LogP contribution in [-0.4, -0.2) is 32.3 Å². The van der Waals surface area contributed by atoms with Crippen molar-refractivity contribution in [1.82, 2.24) is 0 Å². The number of benzene rings is 1. The summed E-state index contributed by atoms with van der Waals surface area (Å²) in [6.45, 7) is 2.03. The Kier molecular flexibility index (Phi) is 4.72. The smallest absolute Gasteiger partial charge is 0.306 e. The van der Waals surface area contributed by atoms with E-state index in [0.717, 1.165) is 6.26 Å². The maximum absolute atomic E-state index is 11.5. The first-order valence-electron chi connectivity index (χ1n) is 5.58. The first-order chi connectivity index (χ1) is 8.32. The minimum atomic E-state index is -3.28. The van der Waals surface area contributed by atoms with Crippen LogP contribution in [0, 0.1) is 5.92 Å². The van der Waals surface area contributed by atoms with E-state index in [-0.39, 0.29) is 4.90 Å². The Hall–Kier alpha value is -1.56. The molecule has 100 valence electrons. The number of rotatable bonds is 6. The van der Waals surface area contributed by atoms with Gasteiger partial charge in [-0.15, -0.1) is 0 Å². The predicted octanol–water partition coefficient (Wildman–Crippen LogP) is 1.61. The Balaban J connectivity index is 2.72. The fourth-order valence-electron chi connectivity index (χ4n) is 1.48. The molecule has 0 aliphatic rings. The quantitative estimate of drug-likeness (QED) is 0.821. The zero-order valence-electron chi connectivity index (χ0n) is 10.4. The molecule has 1 rings (SSSR count). The summed E-state index contributed by atoms with van der Waals surface area (Å²) in [6.07, 6.45) is 1.58. The number of para-hydroxylation sites is 1. The maximum atomic E-state index is 11.5. The molecule has 18 heavy (non-hydrogen) atoms. The topological polar surface area (TPSA) is 83.5 Å². The van der Waals surface area contributed by atoms with Gasteiger partial charge in [0.15, 0.2) is 9.84 Å². The lowest BCUT2D eigenvalue weighted by molar-refractivity contribution is -0.141. The van der Waals surface area contributed by atoms with Gasteiger partial charge in [-0.05, 0) is 18.6 Å². The number of carboxylic acid groups (broad SMARTS) is 1. The largest absolute Gasteiger partial charge is 0.481 e. The molecule has 1 aromatic carbocycles. The van der Waals surface area contributed by atoms with E-state index in [9.17, 15) is 13.2 Å². The van der Waals surface area contributed by atoms with Crippen LogP contribution in [0.3, 0.4) is 0 Å². The second-order valence-electron chi connectivity index (χ2n) is 4.22. The summed E-state index contributed by atoms with van der Waals surface area (Å²) in [5.74, 6) is -1.31. The van der Waals surface area contributed by atoms with Crippen LogP contribution in [-0.2, 0) is 14.6 Å². The standard InChI is InChI=1S/C12H17NO4S/c1-9(12(14)15)7-8-13-10-5-3-4-6-11(10)18(2,16)17/h3-6,9,13H,7-8H2,1-2H3,(H,14,15). The summed E-state index contributed by atoms with van der Waals surface area (Å²) in [5, 5.41) is 11.7. The van der Waals surface area contributed by atoms with Crippen molar-refractivity contribution in [3.05, 3.63) is 24.3 Å². The summed E-state index contributed by atoms with van der Waals surface area (Å²) in [5.41, 5.74) is 0.512. The number of aliphatic carboxylic acids is 1. The molecule has 0 amide bonds. The fourth-order valence-corrected chi connectivity index (χ4v) is 2.35. The third-order valence-corrected chi connectivity index (χ3v) is 3.76. The first-order valence-corrected chi connectivity index (χ1v) is 7.47. The van der Waals surface area contributed by atoms with Crippen molar-refractivity contribution in [2.45, 2.75) is 18.2 Å². The van der Waals surface area contributed by atoms with Crippen LogP contribution in [0.25, 0.3) is 0 Å². The lowest BCUT2D eigenvalue weighted by Crippen LogP contribution is -2.15. The Morgan fingerprint density at radius 3 is 2.56 bits per heavy atom. The van der Waals surface area contributed by atoms with E-state index in [1.165, 1.54) is 6.07 Å². The number of anilines is 1. The fraction of sp³-hybridized carbons (Fsp3) is 0.417. The molecule has 1 unspecified atom stereocenters. The summed E-state index contributed by atoms with van der Waals surface area (Å²) < 4.78 is 23.0. The Morgan fingerprint density at radius 2 is 2.00 bits per heavy atom. The highest BCUT2D eigenvalue weighted by Gasteiger charge is 2.13. The summed E-state index contributed by atoms with van der Waals surface area (Å²) in [7, 11) is -3.28. The number of sulfone groups is 1. The molecule has 0 fully saturated rings. The normalized spacial score (nSPS) is 13.0. The minimum absolute atomic E-state index is 0.230. The van der Waals surface area contributed by atoms with Crippen molar-refractivity contribution < 1.29 is 18.3 Å². The lowest BCUT2D eigenvalue weighted by Gasteiger charge is -2.12. The molecule has 1 atom stereocenters. The highest BCUT2D eigenvalue weighted by atomic mass is 32.2. The van der Waals surface area contributed by atoms with E-state index < -0.39 is 21.7 Å². The SMILES string of the molecule is CC(CCNc1ccccc1S(C)(=O)=O)C(=O)O. The molecule has 0 saturated heterocycles. The van der Waals surface area contributed by atoms with Gasteiger partial charge in [-0.3, -0.25) is 4.79 Å². The molecule has 1 aromatic rings. The number of carbonyl (C=O) groups is 1. The molecule has 6 heteroatoms. The molecule has 0 aliphatic heterocycles. The van der Waals surface area contributed by atoms with Crippen molar-refractivity contribution >= 4 is 21.5 Å². The Bertz CT molecular complexity index is 525. The van der Waals surface area contributed by atoms with Gasteiger partial charge in [0, 0.05) is 12.8 Å². The first kappa shape index (κ1) is 14.5. The van der Waals surface area contributed by atoms with Gasteiger partial charge in [0.05, 0.1) is 16.5 Å². The molecule has 2 N–H and O–H groups in total. The molecule has 0 saturated carbocycles. The van der Waals surface area contributed by atoms with Gasteiger partial charge < -0.3 is 10.4 Å². The Labute approximate surface area is 107 Å². The molecule has 5 nitrogen and oxygen atoms in total. The maximum Gasteiger partial charge on any atom is 0.306 e. The van der Waals surface area contributed by atoms with Gasteiger partial charge in [0.1, 0.15) is 0 Å². The second-order valence-corrected chi connectivity index (χ2v) is 6.21. The van der Waals surface area contributed by atoms with Gasteiger partial charge in [-0.25, -0.2) is 8.42 Å². The molecule has 0 aromatic heterocycles. The predicted molar refractivity (Wildman–Crippen MR) is 69.5 cm³/mol. The van der Waals surface area contributed by atoms with Gasteiger partial charge in [0.2, 0.25) is 0 Å². The van der Waals surface area contributed by atoms with Crippen LogP contribution >= 0.6 is 0 Å². The summed E-state index contributed by atoms with van der Waals surface area (Å²) >= 11 is 0. The van der Waals surface area contributed by atoms with Crippen LogP contribution in [0.1, 0.15) is 13.3 Å².